The molecule has 0 radical (unpaired) electrons. The minimum atomic E-state index is 0.568. The summed E-state index contributed by atoms with van der Waals surface area (Å²) >= 11 is 0. The molecule has 0 amide bonds. The molecule has 0 saturated carbocycles. The van der Waals surface area contributed by atoms with E-state index in [9.17, 15) is 0 Å². The number of hydrogen-bond acceptors (Lipinski definition) is 3. The van der Waals surface area contributed by atoms with Gasteiger partial charge in [-0.3, -0.25) is 4.90 Å². The summed E-state index contributed by atoms with van der Waals surface area (Å²) in [5.41, 5.74) is 6.72. The van der Waals surface area contributed by atoms with Crippen LogP contribution in [0.3, 0.4) is 0 Å². The average Bonchev–Trinajstić information content (AvgIpc) is 2.45. The molecule has 1 fully saturated rings. The Kier molecular flexibility index (Phi) is 5.92. The Morgan fingerprint density at radius 2 is 2.00 bits per heavy atom. The zero-order valence-electron chi connectivity index (χ0n) is 11.6. The van der Waals surface area contributed by atoms with Crippen molar-refractivity contribution in [2.75, 3.05) is 26.2 Å². The van der Waals surface area contributed by atoms with Gasteiger partial charge in [0, 0.05) is 13.1 Å². The van der Waals surface area contributed by atoms with Gasteiger partial charge >= 0.3 is 0 Å². The van der Waals surface area contributed by atoms with Crippen LogP contribution < -0.4 is 10.5 Å². The normalized spacial score (nSPS) is 16.9. The van der Waals surface area contributed by atoms with Crippen LogP contribution in [0.2, 0.25) is 0 Å². The van der Waals surface area contributed by atoms with Crippen LogP contribution in [0.15, 0.2) is 36.4 Å². The van der Waals surface area contributed by atoms with Crippen molar-refractivity contribution < 1.29 is 4.74 Å². The van der Waals surface area contributed by atoms with Gasteiger partial charge in [0.2, 0.25) is 0 Å². The maximum Gasteiger partial charge on any atom is 0.120 e. The van der Waals surface area contributed by atoms with Crippen LogP contribution in [0.4, 0.5) is 0 Å². The zero-order valence-corrected chi connectivity index (χ0v) is 11.6. The van der Waals surface area contributed by atoms with E-state index in [0.29, 0.717) is 13.2 Å². The molecule has 1 heterocycles. The van der Waals surface area contributed by atoms with Gasteiger partial charge in [0.1, 0.15) is 12.4 Å². The lowest BCUT2D eigenvalue weighted by atomic mass is 10.1. The van der Waals surface area contributed by atoms with E-state index in [4.69, 9.17) is 10.5 Å². The summed E-state index contributed by atoms with van der Waals surface area (Å²) in [6.45, 7) is 4.65. The number of nitrogens with two attached hydrogens (primary N) is 1. The van der Waals surface area contributed by atoms with Crippen LogP contribution in [-0.4, -0.2) is 31.1 Å². The van der Waals surface area contributed by atoms with Gasteiger partial charge in [-0.05, 0) is 43.6 Å². The first kappa shape index (κ1) is 14.1. The molecule has 1 aromatic carbocycles. The van der Waals surface area contributed by atoms with Gasteiger partial charge in [-0.2, -0.15) is 0 Å². The molecule has 19 heavy (non-hydrogen) atoms. The fourth-order valence-corrected chi connectivity index (χ4v) is 2.42. The van der Waals surface area contributed by atoms with Crippen LogP contribution in [0.1, 0.15) is 24.8 Å². The van der Waals surface area contributed by atoms with Crippen LogP contribution in [0, 0.1) is 0 Å². The third-order valence-corrected chi connectivity index (χ3v) is 3.40. The number of nitrogens with zero attached hydrogens (tertiary/aromatic N) is 1. The lowest BCUT2D eigenvalue weighted by Crippen LogP contribution is -2.29. The standard InChI is InChI=1S/C16H24N2O/c17-9-2-5-12-19-16-8-6-7-15(13-16)14-18-10-3-1-4-11-18/h2,5-8,13H,1,3-4,9-12,14,17H2/b5-2+. The van der Waals surface area contributed by atoms with Gasteiger partial charge < -0.3 is 10.5 Å². The van der Waals surface area contributed by atoms with E-state index in [1.165, 1.54) is 37.9 Å². The second-order valence-corrected chi connectivity index (χ2v) is 5.00. The fourth-order valence-electron chi connectivity index (χ4n) is 2.42. The second-order valence-electron chi connectivity index (χ2n) is 5.00. The molecular weight excluding hydrogens is 236 g/mol. The molecule has 2 N–H and O–H groups in total. The smallest absolute Gasteiger partial charge is 0.120 e. The molecule has 0 unspecified atom stereocenters. The summed E-state index contributed by atoms with van der Waals surface area (Å²) in [6.07, 6.45) is 7.92. The first-order valence-corrected chi connectivity index (χ1v) is 7.17. The van der Waals surface area contributed by atoms with E-state index in [2.05, 4.69) is 23.1 Å². The van der Waals surface area contributed by atoms with Crippen LogP contribution in [-0.2, 0) is 6.54 Å². The zero-order chi connectivity index (χ0) is 13.3. The van der Waals surface area contributed by atoms with Gasteiger partial charge in [-0.15, -0.1) is 0 Å². The van der Waals surface area contributed by atoms with Crippen molar-refractivity contribution in [2.24, 2.45) is 5.73 Å². The first-order valence-electron chi connectivity index (χ1n) is 7.17. The minimum absolute atomic E-state index is 0.568. The molecule has 0 atom stereocenters. The largest absolute Gasteiger partial charge is 0.490 e. The lowest BCUT2D eigenvalue weighted by Gasteiger charge is -2.26. The predicted molar refractivity (Wildman–Crippen MR) is 79.3 cm³/mol. The molecule has 0 bridgehead atoms. The highest BCUT2D eigenvalue weighted by molar-refractivity contribution is 5.28. The maximum atomic E-state index is 5.68. The molecule has 104 valence electrons. The van der Waals surface area contributed by atoms with Crippen molar-refractivity contribution in [3.63, 3.8) is 0 Å². The highest BCUT2D eigenvalue weighted by Gasteiger charge is 2.10. The first-order chi connectivity index (χ1) is 9.38. The monoisotopic (exact) mass is 260 g/mol. The van der Waals surface area contributed by atoms with Gasteiger partial charge in [0.25, 0.3) is 0 Å². The van der Waals surface area contributed by atoms with Gasteiger partial charge in [-0.25, -0.2) is 0 Å². The van der Waals surface area contributed by atoms with E-state index >= 15 is 0 Å². The van der Waals surface area contributed by atoms with Gasteiger partial charge in [0.05, 0.1) is 0 Å². The fraction of sp³-hybridized carbons (Fsp3) is 0.500. The number of hydrogen-bond donors (Lipinski definition) is 1. The van der Waals surface area contributed by atoms with Gasteiger partial charge in [0.15, 0.2) is 0 Å². The highest BCUT2D eigenvalue weighted by atomic mass is 16.5. The highest BCUT2D eigenvalue weighted by Crippen LogP contribution is 2.17. The van der Waals surface area contributed by atoms with E-state index < -0.39 is 0 Å². The molecule has 1 aliphatic heterocycles. The molecular formula is C16H24N2O. The molecule has 0 spiro atoms. The number of piperidine rings is 1. The van der Waals surface area contributed by atoms with Gasteiger partial charge in [-0.1, -0.05) is 30.7 Å². The summed E-state index contributed by atoms with van der Waals surface area (Å²) in [5.74, 6) is 0.941. The number of benzene rings is 1. The van der Waals surface area contributed by atoms with Crippen LogP contribution >= 0.6 is 0 Å². The summed E-state index contributed by atoms with van der Waals surface area (Å²) in [5, 5.41) is 0. The van der Waals surface area contributed by atoms with E-state index in [1.54, 1.807) is 0 Å². The van der Waals surface area contributed by atoms with Crippen molar-refractivity contribution in [2.45, 2.75) is 25.8 Å². The molecule has 1 saturated heterocycles. The van der Waals surface area contributed by atoms with Crippen molar-refractivity contribution in [3.8, 4) is 5.75 Å². The molecule has 1 aliphatic rings. The summed E-state index contributed by atoms with van der Waals surface area (Å²) in [7, 11) is 0. The molecule has 2 rings (SSSR count). The molecule has 1 aromatic rings. The lowest BCUT2D eigenvalue weighted by molar-refractivity contribution is 0.220. The molecule has 3 nitrogen and oxygen atoms in total. The quantitative estimate of drug-likeness (QED) is 0.799. The van der Waals surface area contributed by atoms with Crippen molar-refractivity contribution in [1.29, 1.82) is 0 Å². The van der Waals surface area contributed by atoms with Crippen molar-refractivity contribution >= 4 is 0 Å². The number of rotatable bonds is 6. The maximum absolute atomic E-state index is 5.68. The molecule has 0 aliphatic carbocycles. The predicted octanol–water partition coefficient (Wildman–Crippen LogP) is 2.57. The Morgan fingerprint density at radius 3 is 2.79 bits per heavy atom. The molecule has 3 heteroatoms. The Balaban J connectivity index is 1.85. The molecule has 0 aromatic heterocycles. The Labute approximate surface area is 116 Å². The summed E-state index contributed by atoms with van der Waals surface area (Å²) in [4.78, 5) is 2.52. The van der Waals surface area contributed by atoms with E-state index in [-0.39, 0.29) is 0 Å². The van der Waals surface area contributed by atoms with Crippen molar-refractivity contribution in [3.05, 3.63) is 42.0 Å². The van der Waals surface area contributed by atoms with E-state index in [0.717, 1.165) is 12.3 Å². The second kappa shape index (κ2) is 7.97. The third kappa shape index (κ3) is 5.05. The minimum Gasteiger partial charge on any atom is -0.490 e. The SMILES string of the molecule is NC/C=C/COc1cccc(CN2CCCCC2)c1. The van der Waals surface area contributed by atoms with Crippen LogP contribution in [0.25, 0.3) is 0 Å². The summed E-state index contributed by atoms with van der Waals surface area (Å²) < 4.78 is 5.68. The Morgan fingerprint density at radius 1 is 1.16 bits per heavy atom. The Bertz CT molecular complexity index is 397. The average molecular weight is 260 g/mol. The number of likely N-dealkylation sites (tertiary alicyclic amines) is 1. The summed E-state index contributed by atoms with van der Waals surface area (Å²) in [6, 6.07) is 8.40. The van der Waals surface area contributed by atoms with E-state index in [1.807, 2.05) is 18.2 Å². The van der Waals surface area contributed by atoms with Crippen LogP contribution in [0.5, 0.6) is 5.75 Å². The Hall–Kier alpha value is -1.32. The van der Waals surface area contributed by atoms with Crippen molar-refractivity contribution in [1.82, 2.24) is 4.90 Å². The topological polar surface area (TPSA) is 38.5 Å². The third-order valence-electron chi connectivity index (χ3n) is 3.40. The number of ether oxygens (including phenoxy) is 1.